The molecule has 2 aromatic rings. The topological polar surface area (TPSA) is 53.7 Å². The number of nitrogens with zero attached hydrogens (tertiary/aromatic N) is 1. The minimum absolute atomic E-state index is 0.0355. The molecule has 1 aromatic carbocycles. The maximum atomic E-state index is 12.4. The molecule has 0 spiro atoms. The average Bonchev–Trinajstić information content (AvgIpc) is 3.07. The van der Waals surface area contributed by atoms with Gasteiger partial charge in [-0.25, -0.2) is 0 Å². The lowest BCUT2D eigenvalue weighted by molar-refractivity contribution is 0.0765. The number of hydrogen-bond acceptors (Lipinski definition) is 3. The highest BCUT2D eigenvalue weighted by atomic mass is 16.3. The third kappa shape index (κ3) is 2.47. The first-order valence-corrected chi connectivity index (χ1v) is 6.78. The molecular formula is C16H17NO3. The predicted molar refractivity (Wildman–Crippen MR) is 75.4 cm³/mol. The summed E-state index contributed by atoms with van der Waals surface area (Å²) in [6.45, 7) is 2.93. The molecule has 1 saturated heterocycles. The highest BCUT2D eigenvalue weighted by Gasteiger charge is 2.25. The fraction of sp³-hybridized carbons (Fsp3) is 0.312. The molecule has 3 rings (SSSR count). The van der Waals surface area contributed by atoms with E-state index in [1.165, 1.54) is 0 Å². The van der Waals surface area contributed by atoms with Crippen molar-refractivity contribution in [1.29, 1.82) is 0 Å². The Morgan fingerprint density at radius 2 is 2.20 bits per heavy atom. The molecule has 0 radical (unpaired) electrons. The SMILES string of the molecule is Cc1ccc(-c2cccc(C(=O)N3CC[C@@H](O)C3)c2)o1. The van der Waals surface area contributed by atoms with Gasteiger partial charge in [-0.3, -0.25) is 4.79 Å². The molecule has 1 aliphatic heterocycles. The van der Waals surface area contributed by atoms with Gasteiger partial charge in [0.15, 0.2) is 0 Å². The first-order valence-electron chi connectivity index (χ1n) is 6.78. The third-order valence-corrected chi connectivity index (χ3v) is 3.58. The van der Waals surface area contributed by atoms with Crippen molar-refractivity contribution in [3.05, 3.63) is 47.7 Å². The summed E-state index contributed by atoms with van der Waals surface area (Å²) in [6.07, 6.45) is 0.262. The van der Waals surface area contributed by atoms with Crippen LogP contribution in [0.4, 0.5) is 0 Å². The number of rotatable bonds is 2. The molecule has 20 heavy (non-hydrogen) atoms. The molecule has 1 amide bonds. The number of aliphatic hydroxyl groups excluding tert-OH is 1. The van der Waals surface area contributed by atoms with E-state index in [2.05, 4.69) is 0 Å². The Kier molecular flexibility index (Phi) is 3.32. The van der Waals surface area contributed by atoms with E-state index >= 15 is 0 Å². The Hall–Kier alpha value is -2.07. The average molecular weight is 271 g/mol. The fourth-order valence-electron chi connectivity index (χ4n) is 2.50. The molecule has 1 N–H and O–H groups in total. The van der Waals surface area contributed by atoms with E-state index in [9.17, 15) is 9.90 Å². The molecular weight excluding hydrogens is 254 g/mol. The number of amides is 1. The standard InChI is InChI=1S/C16H17NO3/c1-11-5-6-15(20-11)12-3-2-4-13(9-12)16(19)17-8-7-14(18)10-17/h2-6,9,14,18H,7-8,10H2,1H3/t14-/m1/s1. The van der Waals surface area contributed by atoms with E-state index in [1.54, 1.807) is 11.0 Å². The minimum atomic E-state index is -0.394. The molecule has 4 nitrogen and oxygen atoms in total. The number of benzene rings is 1. The monoisotopic (exact) mass is 271 g/mol. The minimum Gasteiger partial charge on any atom is -0.461 e. The van der Waals surface area contributed by atoms with E-state index in [4.69, 9.17) is 4.42 Å². The normalized spacial score (nSPS) is 18.5. The molecule has 1 fully saturated rings. The van der Waals surface area contributed by atoms with Crippen LogP contribution in [-0.4, -0.2) is 35.1 Å². The Balaban J connectivity index is 1.86. The lowest BCUT2D eigenvalue weighted by Gasteiger charge is -2.15. The number of aliphatic hydroxyl groups is 1. The molecule has 1 atom stereocenters. The van der Waals surface area contributed by atoms with E-state index in [0.29, 0.717) is 25.1 Å². The number of β-amino-alcohol motifs (C(OH)–C–C–N with tert-alkyl or cyclic N) is 1. The van der Waals surface area contributed by atoms with Crippen molar-refractivity contribution in [2.24, 2.45) is 0 Å². The first-order chi connectivity index (χ1) is 9.63. The number of aryl methyl sites for hydroxylation is 1. The summed E-state index contributed by atoms with van der Waals surface area (Å²) in [6, 6.07) is 11.2. The predicted octanol–water partition coefficient (Wildman–Crippen LogP) is 2.46. The van der Waals surface area contributed by atoms with Crippen LogP contribution < -0.4 is 0 Å². The Labute approximate surface area is 117 Å². The summed E-state index contributed by atoms with van der Waals surface area (Å²) in [5.41, 5.74) is 1.52. The van der Waals surface area contributed by atoms with Crippen LogP contribution in [0.5, 0.6) is 0 Å². The van der Waals surface area contributed by atoms with Gasteiger partial charge in [-0.2, -0.15) is 0 Å². The maximum Gasteiger partial charge on any atom is 0.253 e. The van der Waals surface area contributed by atoms with Gasteiger partial charge in [-0.05, 0) is 37.6 Å². The van der Waals surface area contributed by atoms with Gasteiger partial charge in [0.2, 0.25) is 0 Å². The van der Waals surface area contributed by atoms with Gasteiger partial charge in [0.1, 0.15) is 11.5 Å². The van der Waals surface area contributed by atoms with Gasteiger partial charge < -0.3 is 14.4 Å². The molecule has 0 unspecified atom stereocenters. The molecule has 1 aliphatic rings. The van der Waals surface area contributed by atoms with E-state index in [0.717, 1.165) is 17.1 Å². The number of likely N-dealkylation sites (tertiary alicyclic amines) is 1. The van der Waals surface area contributed by atoms with Crippen LogP contribution in [0.3, 0.4) is 0 Å². The Bertz CT molecular complexity index is 632. The maximum absolute atomic E-state index is 12.4. The summed E-state index contributed by atoms with van der Waals surface area (Å²) in [4.78, 5) is 14.1. The Morgan fingerprint density at radius 1 is 1.35 bits per heavy atom. The molecule has 2 heterocycles. The second-order valence-electron chi connectivity index (χ2n) is 5.18. The highest BCUT2D eigenvalue weighted by molar-refractivity contribution is 5.95. The van der Waals surface area contributed by atoms with Gasteiger partial charge in [0, 0.05) is 24.2 Å². The van der Waals surface area contributed by atoms with Crippen LogP contribution in [0.15, 0.2) is 40.8 Å². The van der Waals surface area contributed by atoms with Gasteiger partial charge in [0.05, 0.1) is 6.10 Å². The summed E-state index contributed by atoms with van der Waals surface area (Å²) in [5, 5.41) is 9.52. The van der Waals surface area contributed by atoms with Crippen LogP contribution in [0, 0.1) is 6.92 Å². The number of hydrogen-bond donors (Lipinski definition) is 1. The zero-order valence-electron chi connectivity index (χ0n) is 11.4. The van der Waals surface area contributed by atoms with Crippen molar-refractivity contribution in [3.63, 3.8) is 0 Å². The number of furan rings is 1. The zero-order chi connectivity index (χ0) is 14.1. The summed E-state index contributed by atoms with van der Waals surface area (Å²) >= 11 is 0. The fourth-order valence-corrected chi connectivity index (χ4v) is 2.50. The van der Waals surface area contributed by atoms with Crippen LogP contribution in [0.2, 0.25) is 0 Å². The molecule has 4 heteroatoms. The van der Waals surface area contributed by atoms with E-state index < -0.39 is 6.10 Å². The summed E-state index contributed by atoms with van der Waals surface area (Å²) < 4.78 is 5.58. The second kappa shape index (κ2) is 5.13. The van der Waals surface area contributed by atoms with Gasteiger partial charge in [-0.1, -0.05) is 12.1 Å². The lowest BCUT2D eigenvalue weighted by Crippen LogP contribution is -2.29. The van der Waals surface area contributed by atoms with Crippen molar-refractivity contribution in [2.75, 3.05) is 13.1 Å². The smallest absolute Gasteiger partial charge is 0.253 e. The number of carbonyl (C=O) groups is 1. The van der Waals surface area contributed by atoms with E-state index in [-0.39, 0.29) is 5.91 Å². The zero-order valence-corrected chi connectivity index (χ0v) is 11.4. The van der Waals surface area contributed by atoms with Gasteiger partial charge in [0.25, 0.3) is 5.91 Å². The van der Waals surface area contributed by atoms with E-state index in [1.807, 2.05) is 37.3 Å². The second-order valence-corrected chi connectivity index (χ2v) is 5.18. The first kappa shape index (κ1) is 12.9. The quantitative estimate of drug-likeness (QED) is 0.913. The largest absolute Gasteiger partial charge is 0.461 e. The van der Waals surface area contributed by atoms with Crippen molar-refractivity contribution >= 4 is 5.91 Å². The van der Waals surface area contributed by atoms with Crippen LogP contribution in [0.1, 0.15) is 22.5 Å². The molecule has 1 aromatic heterocycles. The molecule has 104 valence electrons. The van der Waals surface area contributed by atoms with Crippen molar-refractivity contribution in [3.8, 4) is 11.3 Å². The van der Waals surface area contributed by atoms with Gasteiger partial charge in [-0.15, -0.1) is 0 Å². The van der Waals surface area contributed by atoms with Crippen molar-refractivity contribution in [1.82, 2.24) is 4.90 Å². The highest BCUT2D eigenvalue weighted by Crippen LogP contribution is 2.24. The molecule has 0 aliphatic carbocycles. The lowest BCUT2D eigenvalue weighted by atomic mass is 10.1. The summed E-state index contributed by atoms with van der Waals surface area (Å²) in [5.74, 6) is 1.57. The van der Waals surface area contributed by atoms with Crippen LogP contribution >= 0.6 is 0 Å². The summed E-state index contributed by atoms with van der Waals surface area (Å²) in [7, 11) is 0. The molecule has 0 saturated carbocycles. The number of carbonyl (C=O) groups excluding carboxylic acids is 1. The molecule has 0 bridgehead atoms. The van der Waals surface area contributed by atoms with Crippen molar-refractivity contribution < 1.29 is 14.3 Å². The third-order valence-electron chi connectivity index (χ3n) is 3.58. The van der Waals surface area contributed by atoms with Crippen LogP contribution in [0.25, 0.3) is 11.3 Å². The Morgan fingerprint density at radius 3 is 2.85 bits per heavy atom. The van der Waals surface area contributed by atoms with Crippen LogP contribution in [-0.2, 0) is 0 Å². The van der Waals surface area contributed by atoms with Crippen molar-refractivity contribution in [2.45, 2.75) is 19.4 Å². The van der Waals surface area contributed by atoms with Gasteiger partial charge >= 0.3 is 0 Å².